The molecule has 2 atom stereocenters. The number of likely N-dealkylation sites (tertiary alicyclic amines) is 1. The van der Waals surface area contributed by atoms with Crippen LogP contribution in [0.25, 0.3) is 0 Å². The van der Waals surface area contributed by atoms with Crippen molar-refractivity contribution < 1.29 is 13.7 Å². The van der Waals surface area contributed by atoms with Crippen LogP contribution in [0.5, 0.6) is 11.5 Å². The Morgan fingerprint density at radius 2 is 1.80 bits per heavy atom. The van der Waals surface area contributed by atoms with Crippen LogP contribution in [0.1, 0.15) is 24.8 Å². The quantitative estimate of drug-likeness (QED) is 0.791. The van der Waals surface area contributed by atoms with E-state index in [0.717, 1.165) is 43.1 Å². The van der Waals surface area contributed by atoms with E-state index in [2.05, 4.69) is 48.9 Å². The molecule has 0 saturated carbocycles. The number of hydrogen-bond acceptors (Lipinski definition) is 4. The molecule has 3 rings (SSSR count). The number of hydrogen-bond donors (Lipinski definition) is 0. The van der Waals surface area contributed by atoms with Crippen molar-refractivity contribution in [3.05, 3.63) is 35.6 Å². The monoisotopic (exact) mass is 365 g/mol. The Labute approximate surface area is 153 Å². The maximum atomic E-state index is 6.27. The normalized spacial score (nSPS) is 27.4. The summed E-state index contributed by atoms with van der Waals surface area (Å²) in [6, 6.07) is 6.78. The Kier molecular flexibility index (Phi) is 5.00. The number of likely N-dealkylation sites (N-methyl/N-ethyl adjacent to an activating group) is 1. The third kappa shape index (κ3) is 3.49. The van der Waals surface area contributed by atoms with Crippen LogP contribution >= 0.6 is 10.3 Å². The number of fused-ring (bicyclic) bond motifs is 1. The summed E-state index contributed by atoms with van der Waals surface area (Å²) >= 11 is 0. The van der Waals surface area contributed by atoms with E-state index in [0.29, 0.717) is 6.04 Å². The van der Waals surface area contributed by atoms with E-state index in [-0.39, 0.29) is 5.41 Å². The summed E-state index contributed by atoms with van der Waals surface area (Å²) in [5, 5.41) is 0. The van der Waals surface area contributed by atoms with Crippen molar-refractivity contribution in [2.24, 2.45) is 0 Å². The fraction of sp³-hybridized carbons (Fsp3) is 0.600. The van der Waals surface area contributed by atoms with E-state index in [9.17, 15) is 0 Å². The Balaban J connectivity index is 1.98. The van der Waals surface area contributed by atoms with Crippen LogP contribution in [0.4, 0.5) is 0 Å². The van der Waals surface area contributed by atoms with Crippen LogP contribution in [0, 0.1) is 0 Å². The van der Waals surface area contributed by atoms with Gasteiger partial charge in [-0.05, 0) is 69.0 Å². The topological polar surface area (TPSA) is 30.9 Å². The van der Waals surface area contributed by atoms with Crippen LogP contribution in [0.3, 0.4) is 0 Å². The molecule has 0 N–H and O–H groups in total. The molecule has 25 heavy (non-hydrogen) atoms. The maximum Gasteiger partial charge on any atom is 0.161 e. The highest BCUT2D eigenvalue weighted by Crippen LogP contribution is 2.51. The average Bonchev–Trinajstić information content (AvgIpc) is 2.91. The molecular formula is C20H31NO3S. The van der Waals surface area contributed by atoms with Gasteiger partial charge >= 0.3 is 0 Å². The first kappa shape index (κ1) is 18.5. The van der Waals surface area contributed by atoms with Gasteiger partial charge in [-0.25, -0.2) is 0 Å². The van der Waals surface area contributed by atoms with Gasteiger partial charge in [0.15, 0.2) is 11.5 Å². The van der Waals surface area contributed by atoms with Gasteiger partial charge in [0.2, 0.25) is 0 Å². The molecule has 1 fully saturated rings. The summed E-state index contributed by atoms with van der Waals surface area (Å²) in [5.74, 6) is 2.77. The standard InChI is InChI=1S/C20H31NO3S/c1-21-12-11-20(15-7-8-17(22-2)18(13-15)23-3)10-9-16(14-19(20)21)24-25(4,5)6/h7-8,13-14,19H,9-12H2,1-6H3. The molecule has 0 spiro atoms. The third-order valence-electron chi connectivity index (χ3n) is 5.43. The minimum atomic E-state index is -0.997. The molecule has 0 aromatic heterocycles. The summed E-state index contributed by atoms with van der Waals surface area (Å²) in [5.41, 5.74) is 1.48. The van der Waals surface area contributed by atoms with Crippen molar-refractivity contribution >= 4 is 10.3 Å². The largest absolute Gasteiger partial charge is 0.493 e. The molecule has 1 heterocycles. The molecular weight excluding hydrogens is 334 g/mol. The van der Waals surface area contributed by atoms with E-state index >= 15 is 0 Å². The Morgan fingerprint density at radius 3 is 2.44 bits per heavy atom. The minimum absolute atomic E-state index is 0.133. The lowest BCUT2D eigenvalue weighted by Crippen LogP contribution is -2.42. The van der Waals surface area contributed by atoms with E-state index in [4.69, 9.17) is 13.7 Å². The summed E-state index contributed by atoms with van der Waals surface area (Å²) in [6.07, 6.45) is 12.2. The highest BCUT2D eigenvalue weighted by Gasteiger charge is 2.48. The van der Waals surface area contributed by atoms with Gasteiger partial charge in [0.25, 0.3) is 0 Å². The van der Waals surface area contributed by atoms with Crippen LogP contribution < -0.4 is 9.47 Å². The zero-order chi connectivity index (χ0) is 18.2. The smallest absolute Gasteiger partial charge is 0.161 e. The van der Waals surface area contributed by atoms with Gasteiger partial charge in [-0.3, -0.25) is 4.90 Å². The molecule has 1 aromatic rings. The minimum Gasteiger partial charge on any atom is -0.493 e. The van der Waals surface area contributed by atoms with Crippen LogP contribution in [0.15, 0.2) is 30.0 Å². The van der Waals surface area contributed by atoms with Crippen molar-refractivity contribution in [1.29, 1.82) is 0 Å². The first-order chi connectivity index (χ1) is 11.8. The fourth-order valence-corrected chi connectivity index (χ4v) is 5.03. The lowest BCUT2D eigenvalue weighted by Gasteiger charge is -2.41. The average molecular weight is 366 g/mol. The lowest BCUT2D eigenvalue weighted by atomic mass is 9.68. The van der Waals surface area contributed by atoms with Crippen LogP contribution in [-0.2, 0) is 9.60 Å². The molecule has 140 valence electrons. The van der Waals surface area contributed by atoms with E-state index < -0.39 is 10.3 Å². The fourth-order valence-electron chi connectivity index (χ4n) is 4.25. The molecule has 2 unspecified atom stereocenters. The highest BCUT2D eigenvalue weighted by atomic mass is 32.3. The molecule has 1 aliphatic heterocycles. The number of allylic oxidation sites excluding steroid dienone is 1. The van der Waals surface area contributed by atoms with Crippen molar-refractivity contribution in [3.63, 3.8) is 0 Å². The number of ether oxygens (including phenoxy) is 2. The van der Waals surface area contributed by atoms with Gasteiger partial charge in [0.05, 0.1) is 14.2 Å². The number of methoxy groups -OCH3 is 2. The highest BCUT2D eigenvalue weighted by molar-refractivity contribution is 8.28. The summed E-state index contributed by atoms with van der Waals surface area (Å²) < 4.78 is 17.2. The van der Waals surface area contributed by atoms with Gasteiger partial charge in [0, 0.05) is 17.9 Å². The zero-order valence-electron chi connectivity index (χ0n) is 16.3. The van der Waals surface area contributed by atoms with Gasteiger partial charge in [0.1, 0.15) is 5.76 Å². The van der Waals surface area contributed by atoms with Crippen molar-refractivity contribution in [3.8, 4) is 11.5 Å². The molecule has 1 aliphatic carbocycles. The van der Waals surface area contributed by atoms with E-state index in [1.54, 1.807) is 14.2 Å². The Morgan fingerprint density at radius 1 is 1.08 bits per heavy atom. The molecule has 0 radical (unpaired) electrons. The molecule has 1 saturated heterocycles. The van der Waals surface area contributed by atoms with Gasteiger partial charge in [-0.1, -0.05) is 6.07 Å². The summed E-state index contributed by atoms with van der Waals surface area (Å²) in [6.45, 7) is 1.10. The lowest BCUT2D eigenvalue weighted by molar-refractivity contribution is 0.246. The molecule has 1 aromatic carbocycles. The third-order valence-corrected chi connectivity index (χ3v) is 6.14. The van der Waals surface area contributed by atoms with Gasteiger partial charge in [-0.2, -0.15) is 0 Å². The molecule has 5 heteroatoms. The predicted octanol–water partition coefficient (Wildman–Crippen LogP) is 3.95. The SMILES string of the molecule is COc1ccc(C23CCC(OS(C)(C)C)=CC2N(C)CC3)cc1OC. The maximum absolute atomic E-state index is 6.27. The zero-order valence-corrected chi connectivity index (χ0v) is 17.1. The van der Waals surface area contributed by atoms with E-state index in [1.807, 2.05) is 6.07 Å². The molecule has 0 amide bonds. The first-order valence-electron chi connectivity index (χ1n) is 8.80. The Bertz CT molecular complexity index is 667. The molecule has 2 aliphatic rings. The number of benzene rings is 1. The van der Waals surface area contributed by atoms with Crippen LogP contribution in [0.2, 0.25) is 0 Å². The second-order valence-corrected chi connectivity index (χ2v) is 11.5. The molecule has 0 bridgehead atoms. The second kappa shape index (κ2) is 6.76. The predicted molar refractivity (Wildman–Crippen MR) is 106 cm³/mol. The second-order valence-electron chi connectivity index (χ2n) is 7.84. The van der Waals surface area contributed by atoms with Crippen molar-refractivity contribution in [1.82, 2.24) is 4.90 Å². The van der Waals surface area contributed by atoms with Crippen LogP contribution in [-0.4, -0.2) is 57.5 Å². The van der Waals surface area contributed by atoms with E-state index in [1.165, 1.54) is 5.56 Å². The van der Waals surface area contributed by atoms with Crippen molar-refractivity contribution in [2.75, 3.05) is 46.6 Å². The Hall–Kier alpha value is -1.33. The van der Waals surface area contributed by atoms with Gasteiger partial charge < -0.3 is 13.7 Å². The number of nitrogens with zero attached hydrogens (tertiary/aromatic N) is 1. The number of rotatable bonds is 5. The summed E-state index contributed by atoms with van der Waals surface area (Å²) in [4.78, 5) is 2.46. The summed E-state index contributed by atoms with van der Waals surface area (Å²) in [7, 11) is 4.61. The molecule has 4 nitrogen and oxygen atoms in total. The first-order valence-corrected chi connectivity index (χ1v) is 11.6. The van der Waals surface area contributed by atoms with Crippen molar-refractivity contribution in [2.45, 2.75) is 30.7 Å². The van der Waals surface area contributed by atoms with Gasteiger partial charge in [-0.15, -0.1) is 10.3 Å².